The van der Waals surface area contributed by atoms with Gasteiger partial charge in [0.1, 0.15) is 5.82 Å². The third kappa shape index (κ3) is 5.76. The van der Waals surface area contributed by atoms with Crippen LogP contribution in [0.15, 0.2) is 67.0 Å². The molecule has 1 amide bonds. The van der Waals surface area contributed by atoms with Crippen molar-refractivity contribution in [1.29, 1.82) is 0 Å². The van der Waals surface area contributed by atoms with E-state index in [1.807, 2.05) is 6.07 Å². The van der Waals surface area contributed by atoms with E-state index in [-0.39, 0.29) is 18.3 Å². The Bertz CT molecular complexity index is 1480. The second kappa shape index (κ2) is 11.1. The fourth-order valence-corrected chi connectivity index (χ4v) is 4.44. The minimum absolute atomic E-state index is 0.0665. The van der Waals surface area contributed by atoms with Gasteiger partial charge in [0.2, 0.25) is 0 Å². The normalized spacial score (nSPS) is 11.2. The van der Waals surface area contributed by atoms with Crippen LogP contribution in [0.3, 0.4) is 0 Å². The summed E-state index contributed by atoms with van der Waals surface area (Å²) in [6, 6.07) is 11.6. The topological polar surface area (TPSA) is 117 Å². The Morgan fingerprint density at radius 3 is 2.69 bits per heavy atom. The van der Waals surface area contributed by atoms with Gasteiger partial charge in [0.15, 0.2) is 0 Å². The number of esters is 1. The number of aryl methyl sites for hydroxylation is 1. The van der Waals surface area contributed by atoms with Crippen LogP contribution in [0.25, 0.3) is 22.3 Å². The zero-order chi connectivity index (χ0) is 25.7. The first-order chi connectivity index (χ1) is 17.4. The molecule has 36 heavy (non-hydrogen) atoms. The van der Waals surface area contributed by atoms with E-state index in [0.717, 1.165) is 17.5 Å². The Kier molecular flexibility index (Phi) is 7.73. The van der Waals surface area contributed by atoms with Crippen molar-refractivity contribution >= 4 is 28.9 Å². The molecule has 0 fully saturated rings. The van der Waals surface area contributed by atoms with Crippen molar-refractivity contribution in [3.05, 3.63) is 84.1 Å². The number of carbonyl (C=O) groups is 3. The van der Waals surface area contributed by atoms with Crippen molar-refractivity contribution < 1.29 is 48.5 Å². The third-order valence-electron chi connectivity index (χ3n) is 5.09. The summed E-state index contributed by atoms with van der Waals surface area (Å²) in [5.74, 6) is -2.05. The summed E-state index contributed by atoms with van der Waals surface area (Å²) in [5, 5.41) is 7.71. The number of ether oxygens (including phenoxy) is 1. The van der Waals surface area contributed by atoms with E-state index < -0.39 is 33.8 Å². The van der Waals surface area contributed by atoms with Crippen LogP contribution in [0, 0.1) is 5.82 Å². The van der Waals surface area contributed by atoms with Crippen molar-refractivity contribution in [2.75, 3.05) is 7.11 Å². The molecule has 0 spiro atoms. The van der Waals surface area contributed by atoms with Crippen LogP contribution in [0.2, 0.25) is 0 Å². The summed E-state index contributed by atoms with van der Waals surface area (Å²) in [4.78, 5) is 40.1. The average Bonchev–Trinajstić information content (AvgIpc) is 3.49. The molecule has 0 unspecified atom stereocenters. The van der Waals surface area contributed by atoms with Gasteiger partial charge in [-0.1, -0.05) is 18.2 Å². The molecule has 0 radical (unpaired) electrons. The maximum absolute atomic E-state index is 13.8. The molecule has 0 bridgehead atoms. The first-order valence-corrected chi connectivity index (χ1v) is 12.4. The molecule has 0 saturated carbocycles. The van der Waals surface area contributed by atoms with E-state index in [9.17, 15) is 18.8 Å². The Balaban J connectivity index is 1.45. The molecule has 186 valence electrons. The van der Waals surface area contributed by atoms with Gasteiger partial charge in [-0.15, -0.1) is 0 Å². The zero-order valence-corrected chi connectivity index (χ0v) is 21.3. The molecule has 0 aliphatic carbocycles. The van der Waals surface area contributed by atoms with Gasteiger partial charge in [0.05, 0.1) is 0 Å². The van der Waals surface area contributed by atoms with Crippen LogP contribution in [0.5, 0.6) is 0 Å². The Hall–Kier alpha value is -4.07. The number of hydrogen-bond acceptors (Lipinski definition) is 7. The van der Waals surface area contributed by atoms with Gasteiger partial charge in [-0.3, -0.25) is 0 Å². The first kappa shape index (κ1) is 25.0. The van der Waals surface area contributed by atoms with E-state index in [1.165, 1.54) is 16.1 Å². The summed E-state index contributed by atoms with van der Waals surface area (Å²) >= 11 is -1.25. The number of amides is 1. The van der Waals surface area contributed by atoms with Crippen molar-refractivity contribution in [3.63, 3.8) is 0 Å². The predicted octanol–water partition coefficient (Wildman–Crippen LogP) is -0.455. The number of carbonyl (C=O) groups excluding carboxylic acids is 3. The van der Waals surface area contributed by atoms with Gasteiger partial charge in [-0.25, -0.2) is 4.39 Å². The SMILES string of the molecule is COC(=O)/C=C\C(=O)O[I-]n1cc(-c2ccc3cc(C(=O)NCc4ccccc4F)n(C)c3n2)cn1. The number of rotatable bonds is 8. The molecule has 1 aromatic carbocycles. The standard InChI is InChI=1S/C24H20FIN5O5/c1-30-20(24(34)27-12-16-5-3-4-6-18(16)25)11-15-7-8-19(29-23(15)30)17-13-28-31(14-17)26-36-22(33)10-9-21(32)35-2/h3-11,13-14H,12H2,1-2H3,(H,27,34)/q-1/b10-9-. The number of hydrogen-bond donors (Lipinski definition) is 1. The molecule has 10 nitrogen and oxygen atoms in total. The molecular weight excluding hydrogens is 584 g/mol. The van der Waals surface area contributed by atoms with E-state index in [2.05, 4.69) is 20.1 Å². The number of fused-ring (bicyclic) bond motifs is 1. The van der Waals surface area contributed by atoms with Gasteiger partial charge in [-0.2, -0.15) is 0 Å². The monoisotopic (exact) mass is 604 g/mol. The molecular formula is C24H20FIN5O5-. The molecule has 0 aliphatic rings. The second-order valence-corrected chi connectivity index (χ2v) is 9.23. The van der Waals surface area contributed by atoms with Crippen molar-refractivity contribution in [3.8, 4) is 11.3 Å². The number of aromatic nitrogens is 4. The van der Waals surface area contributed by atoms with Crippen LogP contribution < -0.4 is 27.2 Å². The van der Waals surface area contributed by atoms with Crippen LogP contribution in [0.4, 0.5) is 4.39 Å². The van der Waals surface area contributed by atoms with Gasteiger partial charge < -0.3 is 0 Å². The van der Waals surface area contributed by atoms with E-state index >= 15 is 0 Å². The molecule has 12 heteroatoms. The number of benzene rings is 1. The fraction of sp³-hybridized carbons (Fsp3) is 0.125. The molecule has 0 aliphatic heterocycles. The van der Waals surface area contributed by atoms with Crippen LogP contribution in [-0.4, -0.2) is 42.5 Å². The fourth-order valence-electron chi connectivity index (χ4n) is 3.25. The van der Waals surface area contributed by atoms with Crippen LogP contribution in [0.1, 0.15) is 16.1 Å². The Morgan fingerprint density at radius 1 is 1.14 bits per heavy atom. The molecule has 3 aromatic heterocycles. The van der Waals surface area contributed by atoms with Gasteiger partial charge in [0, 0.05) is 0 Å². The predicted molar refractivity (Wildman–Crippen MR) is 122 cm³/mol. The number of nitrogens with one attached hydrogen (secondary N) is 1. The van der Waals surface area contributed by atoms with E-state index in [4.69, 9.17) is 3.07 Å². The molecule has 0 atom stereocenters. The second-order valence-electron chi connectivity index (χ2n) is 7.41. The Morgan fingerprint density at radius 2 is 1.92 bits per heavy atom. The van der Waals surface area contributed by atoms with Gasteiger partial charge in [0.25, 0.3) is 0 Å². The quantitative estimate of drug-likeness (QED) is 0.165. The molecule has 3 heterocycles. The molecule has 4 rings (SSSR count). The summed E-state index contributed by atoms with van der Waals surface area (Å²) in [5.41, 5.74) is 2.69. The summed E-state index contributed by atoms with van der Waals surface area (Å²) < 4.78 is 26.6. The molecule has 1 N–H and O–H groups in total. The third-order valence-corrected chi connectivity index (χ3v) is 6.66. The number of nitrogens with zero attached hydrogens (tertiary/aromatic N) is 4. The van der Waals surface area contributed by atoms with Crippen LogP contribution in [-0.2, 0) is 31.0 Å². The van der Waals surface area contributed by atoms with E-state index in [1.54, 1.807) is 54.3 Å². The summed E-state index contributed by atoms with van der Waals surface area (Å²) in [6.45, 7) is 0.0665. The van der Waals surface area contributed by atoms with Crippen molar-refractivity contribution in [1.82, 2.24) is 22.9 Å². The number of halogens is 2. The number of methoxy groups -OCH3 is 1. The van der Waals surface area contributed by atoms with Gasteiger partial charge in [-0.05, 0) is 6.07 Å². The first-order valence-electron chi connectivity index (χ1n) is 10.5. The van der Waals surface area contributed by atoms with Gasteiger partial charge >= 0.3 is 182 Å². The summed E-state index contributed by atoms with van der Waals surface area (Å²) in [7, 11) is 2.94. The van der Waals surface area contributed by atoms with Crippen LogP contribution >= 0.6 is 0 Å². The average molecular weight is 604 g/mol. The maximum atomic E-state index is 13.8. The molecule has 0 saturated heterocycles. The van der Waals surface area contributed by atoms with Crippen molar-refractivity contribution in [2.45, 2.75) is 6.54 Å². The Labute approximate surface area is 215 Å². The minimum atomic E-state index is -1.25. The zero-order valence-electron chi connectivity index (χ0n) is 19.1. The van der Waals surface area contributed by atoms with Crippen molar-refractivity contribution in [2.24, 2.45) is 7.05 Å². The molecule has 4 aromatic rings. The summed E-state index contributed by atoms with van der Waals surface area (Å²) in [6.07, 6.45) is 5.26. The number of pyridine rings is 1. The van der Waals surface area contributed by atoms with E-state index in [0.29, 0.717) is 28.2 Å².